The van der Waals surface area contributed by atoms with Crippen molar-refractivity contribution in [3.63, 3.8) is 0 Å². The van der Waals surface area contributed by atoms with Crippen LogP contribution < -0.4 is 10.1 Å². The molecule has 34 heavy (non-hydrogen) atoms. The summed E-state index contributed by atoms with van der Waals surface area (Å²) in [5, 5.41) is 2.84. The van der Waals surface area contributed by atoms with Crippen molar-refractivity contribution in [3.05, 3.63) is 95.8 Å². The Labute approximate surface area is 200 Å². The van der Waals surface area contributed by atoms with Gasteiger partial charge in [0, 0.05) is 36.6 Å². The van der Waals surface area contributed by atoms with Crippen molar-refractivity contribution in [2.24, 2.45) is 0 Å². The molecule has 6 heteroatoms. The standard InChI is InChI=1S/C28H29N3O3/c32-27(17-10-22-8-15-26(16-9-22)34-21-25-7-3-4-18-29-25)30-24-13-11-23(12-14-24)28(33)31-19-5-1-2-6-20-31/h3-4,7-18H,1-2,5-6,19-21H2,(H,30,32). The first-order valence-corrected chi connectivity index (χ1v) is 11.7. The largest absolute Gasteiger partial charge is 0.487 e. The molecule has 0 aliphatic carbocycles. The molecule has 1 aromatic heterocycles. The van der Waals surface area contributed by atoms with Gasteiger partial charge in [0.1, 0.15) is 12.4 Å². The third-order valence-corrected chi connectivity index (χ3v) is 5.71. The molecule has 0 unspecified atom stereocenters. The van der Waals surface area contributed by atoms with Crippen LogP contribution in [0.15, 0.2) is 79.0 Å². The minimum Gasteiger partial charge on any atom is -0.487 e. The van der Waals surface area contributed by atoms with Gasteiger partial charge in [0.25, 0.3) is 5.91 Å². The first-order valence-electron chi connectivity index (χ1n) is 11.7. The Hall–Kier alpha value is -3.93. The van der Waals surface area contributed by atoms with E-state index < -0.39 is 0 Å². The van der Waals surface area contributed by atoms with Gasteiger partial charge < -0.3 is 15.0 Å². The molecule has 0 radical (unpaired) electrons. The summed E-state index contributed by atoms with van der Waals surface area (Å²) in [5.74, 6) is 0.566. The lowest BCUT2D eigenvalue weighted by molar-refractivity contribution is -0.111. The number of likely N-dealkylation sites (tertiary alicyclic amines) is 1. The number of carbonyl (C=O) groups is 2. The highest BCUT2D eigenvalue weighted by atomic mass is 16.5. The topological polar surface area (TPSA) is 71.5 Å². The Morgan fingerprint density at radius 2 is 1.65 bits per heavy atom. The Morgan fingerprint density at radius 3 is 2.32 bits per heavy atom. The van der Waals surface area contributed by atoms with E-state index in [9.17, 15) is 9.59 Å². The highest BCUT2D eigenvalue weighted by molar-refractivity contribution is 6.02. The van der Waals surface area contributed by atoms with Gasteiger partial charge in [0.05, 0.1) is 5.69 Å². The quantitative estimate of drug-likeness (QED) is 0.489. The number of carbonyl (C=O) groups excluding carboxylic acids is 2. The Bertz CT molecular complexity index is 1100. The highest BCUT2D eigenvalue weighted by Crippen LogP contribution is 2.17. The lowest BCUT2D eigenvalue weighted by atomic mass is 10.1. The summed E-state index contributed by atoms with van der Waals surface area (Å²) in [7, 11) is 0. The number of benzene rings is 2. The zero-order valence-corrected chi connectivity index (χ0v) is 19.2. The van der Waals surface area contributed by atoms with Crippen molar-refractivity contribution in [2.45, 2.75) is 32.3 Å². The summed E-state index contributed by atoms with van der Waals surface area (Å²) in [6.07, 6.45) is 9.47. The highest BCUT2D eigenvalue weighted by Gasteiger charge is 2.17. The average molecular weight is 456 g/mol. The smallest absolute Gasteiger partial charge is 0.253 e. The zero-order chi connectivity index (χ0) is 23.6. The average Bonchev–Trinajstić information content (AvgIpc) is 3.17. The predicted molar refractivity (Wildman–Crippen MR) is 133 cm³/mol. The fraction of sp³-hybridized carbons (Fsp3) is 0.250. The number of anilines is 1. The number of nitrogens with one attached hydrogen (secondary N) is 1. The molecular formula is C28H29N3O3. The lowest BCUT2D eigenvalue weighted by Gasteiger charge is -2.20. The maximum Gasteiger partial charge on any atom is 0.253 e. The molecule has 1 N–H and O–H groups in total. The summed E-state index contributed by atoms with van der Waals surface area (Å²) < 4.78 is 5.73. The summed E-state index contributed by atoms with van der Waals surface area (Å²) in [6, 6.07) is 20.3. The van der Waals surface area contributed by atoms with Gasteiger partial charge >= 0.3 is 0 Å². The summed E-state index contributed by atoms with van der Waals surface area (Å²) >= 11 is 0. The van der Waals surface area contributed by atoms with Gasteiger partial charge in [-0.25, -0.2) is 0 Å². The van der Waals surface area contributed by atoms with E-state index in [1.54, 1.807) is 36.5 Å². The van der Waals surface area contributed by atoms with Crippen LogP contribution in [-0.4, -0.2) is 34.8 Å². The number of aromatic nitrogens is 1. The molecule has 2 heterocycles. The number of pyridine rings is 1. The molecule has 4 rings (SSSR count). The van der Waals surface area contributed by atoms with E-state index in [1.165, 1.54) is 18.9 Å². The van der Waals surface area contributed by atoms with E-state index in [1.807, 2.05) is 47.4 Å². The van der Waals surface area contributed by atoms with Crippen molar-refractivity contribution >= 4 is 23.6 Å². The number of hydrogen-bond donors (Lipinski definition) is 1. The minimum atomic E-state index is -0.234. The number of amides is 2. The van der Waals surface area contributed by atoms with Gasteiger partial charge in [0.2, 0.25) is 5.91 Å². The van der Waals surface area contributed by atoms with E-state index in [2.05, 4.69) is 10.3 Å². The maximum absolute atomic E-state index is 12.7. The van der Waals surface area contributed by atoms with Crippen molar-refractivity contribution in [1.29, 1.82) is 0 Å². The molecule has 2 amide bonds. The third-order valence-electron chi connectivity index (χ3n) is 5.71. The molecule has 0 bridgehead atoms. The lowest BCUT2D eigenvalue weighted by Crippen LogP contribution is -2.31. The fourth-order valence-corrected chi connectivity index (χ4v) is 3.82. The van der Waals surface area contributed by atoms with Gasteiger partial charge in [-0.1, -0.05) is 31.0 Å². The van der Waals surface area contributed by atoms with E-state index in [-0.39, 0.29) is 11.8 Å². The Balaban J connectivity index is 1.26. The number of rotatable bonds is 7. The van der Waals surface area contributed by atoms with Gasteiger partial charge in [-0.2, -0.15) is 0 Å². The first kappa shape index (κ1) is 23.2. The summed E-state index contributed by atoms with van der Waals surface area (Å²) in [4.78, 5) is 31.2. The van der Waals surface area contributed by atoms with Gasteiger partial charge in [-0.15, -0.1) is 0 Å². The van der Waals surface area contributed by atoms with E-state index in [4.69, 9.17) is 4.74 Å². The predicted octanol–water partition coefficient (Wildman–Crippen LogP) is 5.33. The van der Waals surface area contributed by atoms with E-state index in [0.717, 1.165) is 42.9 Å². The van der Waals surface area contributed by atoms with Crippen LogP contribution in [0.4, 0.5) is 5.69 Å². The molecule has 0 saturated carbocycles. The molecule has 174 valence electrons. The number of hydrogen-bond acceptors (Lipinski definition) is 4. The van der Waals surface area contributed by atoms with Gasteiger partial charge in [-0.3, -0.25) is 14.6 Å². The van der Waals surface area contributed by atoms with Crippen molar-refractivity contribution in [2.75, 3.05) is 18.4 Å². The van der Waals surface area contributed by atoms with Crippen LogP contribution in [0, 0.1) is 0 Å². The van der Waals surface area contributed by atoms with Crippen LogP contribution in [0.25, 0.3) is 6.08 Å². The number of ether oxygens (including phenoxy) is 1. The van der Waals surface area contributed by atoms with Crippen molar-refractivity contribution < 1.29 is 14.3 Å². The van der Waals surface area contributed by atoms with Crippen molar-refractivity contribution in [1.82, 2.24) is 9.88 Å². The normalized spacial score (nSPS) is 13.9. The Kier molecular flexibility index (Phi) is 8.06. The van der Waals surface area contributed by atoms with Crippen LogP contribution in [0.3, 0.4) is 0 Å². The monoisotopic (exact) mass is 455 g/mol. The second-order valence-electron chi connectivity index (χ2n) is 8.29. The number of nitrogens with zero attached hydrogens (tertiary/aromatic N) is 2. The maximum atomic E-state index is 12.7. The van der Waals surface area contributed by atoms with Gasteiger partial charge in [-0.05, 0) is 73.0 Å². The molecule has 6 nitrogen and oxygen atoms in total. The Morgan fingerprint density at radius 1 is 0.912 bits per heavy atom. The molecule has 2 aromatic carbocycles. The molecule has 1 saturated heterocycles. The van der Waals surface area contributed by atoms with Crippen molar-refractivity contribution in [3.8, 4) is 5.75 Å². The van der Waals surface area contributed by atoms with E-state index >= 15 is 0 Å². The second kappa shape index (κ2) is 11.8. The zero-order valence-electron chi connectivity index (χ0n) is 19.2. The molecular weight excluding hydrogens is 426 g/mol. The van der Waals surface area contributed by atoms with Crippen LogP contribution >= 0.6 is 0 Å². The molecule has 1 aliphatic rings. The second-order valence-corrected chi connectivity index (χ2v) is 8.29. The molecule has 0 atom stereocenters. The summed E-state index contributed by atoms with van der Waals surface area (Å²) in [6.45, 7) is 2.04. The first-order chi connectivity index (χ1) is 16.7. The molecule has 0 spiro atoms. The van der Waals surface area contributed by atoms with E-state index in [0.29, 0.717) is 17.9 Å². The SMILES string of the molecule is O=C(C=Cc1ccc(OCc2ccccn2)cc1)Nc1ccc(C(=O)N2CCCCCC2)cc1. The fourth-order valence-electron chi connectivity index (χ4n) is 3.82. The van der Waals surface area contributed by atoms with Crippen LogP contribution in [-0.2, 0) is 11.4 Å². The van der Waals surface area contributed by atoms with Gasteiger partial charge in [0.15, 0.2) is 0 Å². The molecule has 1 aliphatic heterocycles. The molecule has 1 fully saturated rings. The third kappa shape index (κ3) is 6.78. The molecule has 3 aromatic rings. The van der Waals surface area contributed by atoms with Crippen LogP contribution in [0.2, 0.25) is 0 Å². The minimum absolute atomic E-state index is 0.0622. The summed E-state index contributed by atoms with van der Waals surface area (Å²) in [5.41, 5.74) is 3.06. The van der Waals surface area contributed by atoms with Crippen LogP contribution in [0.5, 0.6) is 5.75 Å². The van der Waals surface area contributed by atoms with Crippen LogP contribution in [0.1, 0.15) is 47.3 Å².